The Bertz CT molecular complexity index is 1130. The highest BCUT2D eigenvalue weighted by Crippen LogP contribution is 2.22. The van der Waals surface area contributed by atoms with Crippen molar-refractivity contribution in [3.05, 3.63) is 101 Å². The Balaban J connectivity index is 1.90. The molecule has 3 rings (SSSR count). The van der Waals surface area contributed by atoms with Crippen LogP contribution in [0.5, 0.6) is 5.75 Å². The van der Waals surface area contributed by atoms with Crippen LogP contribution in [0.2, 0.25) is 5.02 Å². The molecule has 0 aliphatic rings. The highest BCUT2D eigenvalue weighted by atomic mass is 35.5. The molecular weight excluding hydrogens is 460 g/mol. The molecule has 0 radical (unpaired) electrons. The molecule has 0 aliphatic carbocycles. The van der Waals surface area contributed by atoms with Gasteiger partial charge in [-0.15, -0.1) is 0 Å². The van der Waals surface area contributed by atoms with Gasteiger partial charge in [-0.05, 0) is 62.6 Å². The fraction of sp³-hybridized carbons (Fsp3) is 0.310. The average Bonchev–Trinajstić information content (AvgIpc) is 2.82. The number of carbonyl (C=O) groups excluding carboxylic acids is 2. The van der Waals surface area contributed by atoms with Gasteiger partial charge in [0.1, 0.15) is 11.8 Å². The third kappa shape index (κ3) is 8.15. The van der Waals surface area contributed by atoms with Gasteiger partial charge in [0, 0.05) is 23.5 Å². The zero-order valence-electron chi connectivity index (χ0n) is 20.8. The van der Waals surface area contributed by atoms with Crippen molar-refractivity contribution in [1.82, 2.24) is 10.2 Å². The van der Waals surface area contributed by atoms with E-state index in [0.717, 1.165) is 16.7 Å². The smallest absolute Gasteiger partial charge is 0.261 e. The first-order chi connectivity index (χ1) is 16.6. The molecule has 1 atom stereocenters. The monoisotopic (exact) mass is 492 g/mol. The molecule has 0 aromatic heterocycles. The van der Waals surface area contributed by atoms with Crippen molar-refractivity contribution in [3.63, 3.8) is 0 Å². The first kappa shape index (κ1) is 26.3. The highest BCUT2D eigenvalue weighted by molar-refractivity contribution is 6.31. The van der Waals surface area contributed by atoms with Crippen molar-refractivity contribution < 1.29 is 14.3 Å². The van der Waals surface area contributed by atoms with Crippen molar-refractivity contribution >= 4 is 23.4 Å². The third-order valence-electron chi connectivity index (χ3n) is 5.46. The second-order valence-corrected chi connectivity index (χ2v) is 10.1. The van der Waals surface area contributed by atoms with Gasteiger partial charge in [-0.1, -0.05) is 72.3 Å². The second kappa shape index (κ2) is 11.9. The quantitative estimate of drug-likeness (QED) is 0.424. The van der Waals surface area contributed by atoms with Crippen molar-refractivity contribution in [3.8, 4) is 5.75 Å². The molecule has 0 unspecified atom stereocenters. The van der Waals surface area contributed by atoms with E-state index in [2.05, 4.69) is 5.32 Å². The number of carbonyl (C=O) groups is 2. The van der Waals surface area contributed by atoms with Crippen LogP contribution >= 0.6 is 11.6 Å². The summed E-state index contributed by atoms with van der Waals surface area (Å²) in [5, 5.41) is 3.70. The van der Waals surface area contributed by atoms with Gasteiger partial charge in [-0.3, -0.25) is 9.59 Å². The Morgan fingerprint density at radius 2 is 1.54 bits per heavy atom. The van der Waals surface area contributed by atoms with Crippen LogP contribution in [0.25, 0.3) is 0 Å². The van der Waals surface area contributed by atoms with Gasteiger partial charge in [-0.2, -0.15) is 0 Å². The van der Waals surface area contributed by atoms with E-state index in [9.17, 15) is 9.59 Å². The predicted molar refractivity (Wildman–Crippen MR) is 141 cm³/mol. The number of amides is 2. The first-order valence-corrected chi connectivity index (χ1v) is 12.1. The summed E-state index contributed by atoms with van der Waals surface area (Å²) < 4.78 is 5.82. The Morgan fingerprint density at radius 1 is 0.943 bits per heavy atom. The summed E-state index contributed by atoms with van der Waals surface area (Å²) in [6.45, 7) is 7.77. The molecule has 0 bridgehead atoms. The summed E-state index contributed by atoms with van der Waals surface area (Å²) in [5.41, 5.74) is 2.33. The maximum atomic E-state index is 13.6. The summed E-state index contributed by atoms with van der Waals surface area (Å²) in [4.78, 5) is 28.7. The minimum Gasteiger partial charge on any atom is -0.484 e. The van der Waals surface area contributed by atoms with E-state index in [4.69, 9.17) is 16.3 Å². The van der Waals surface area contributed by atoms with Gasteiger partial charge in [0.25, 0.3) is 5.91 Å². The SMILES string of the molecule is Cc1cc(OCC(=O)N(Cc2ccccc2)[C@@H](Cc2ccccc2)C(=O)NC(C)(C)C)ccc1Cl. The summed E-state index contributed by atoms with van der Waals surface area (Å²) in [5.74, 6) is 0.0816. The topological polar surface area (TPSA) is 58.6 Å². The molecule has 0 saturated heterocycles. The number of rotatable bonds is 9. The van der Waals surface area contributed by atoms with Gasteiger partial charge >= 0.3 is 0 Å². The molecule has 0 aliphatic heterocycles. The van der Waals surface area contributed by atoms with Gasteiger partial charge in [0.2, 0.25) is 5.91 Å². The van der Waals surface area contributed by atoms with E-state index in [-0.39, 0.29) is 25.0 Å². The van der Waals surface area contributed by atoms with E-state index >= 15 is 0 Å². The number of hydrogen-bond acceptors (Lipinski definition) is 3. The predicted octanol–water partition coefficient (Wildman–Crippen LogP) is 5.58. The fourth-order valence-corrected chi connectivity index (χ4v) is 3.84. The summed E-state index contributed by atoms with van der Waals surface area (Å²) in [7, 11) is 0. The van der Waals surface area contributed by atoms with Gasteiger partial charge in [0.15, 0.2) is 6.61 Å². The van der Waals surface area contributed by atoms with Crippen LogP contribution < -0.4 is 10.1 Å². The van der Waals surface area contributed by atoms with Gasteiger partial charge in [0.05, 0.1) is 0 Å². The average molecular weight is 493 g/mol. The maximum absolute atomic E-state index is 13.6. The summed E-state index contributed by atoms with van der Waals surface area (Å²) >= 11 is 6.12. The molecule has 35 heavy (non-hydrogen) atoms. The van der Waals surface area contributed by atoms with Crippen LogP contribution in [0.1, 0.15) is 37.5 Å². The molecule has 3 aromatic rings. The molecule has 0 saturated carbocycles. The fourth-order valence-electron chi connectivity index (χ4n) is 3.72. The number of aryl methyl sites for hydroxylation is 1. The van der Waals surface area contributed by atoms with Gasteiger partial charge in [-0.25, -0.2) is 0 Å². The summed E-state index contributed by atoms with van der Waals surface area (Å²) in [6, 6.07) is 24.0. The van der Waals surface area contributed by atoms with Crippen LogP contribution in [-0.4, -0.2) is 34.9 Å². The number of benzene rings is 3. The molecular formula is C29H33ClN2O3. The van der Waals surface area contributed by atoms with E-state index in [1.807, 2.05) is 88.4 Å². The lowest BCUT2D eigenvalue weighted by Gasteiger charge is -2.33. The Kier molecular flexibility index (Phi) is 8.94. The Morgan fingerprint density at radius 3 is 2.11 bits per heavy atom. The number of nitrogens with zero attached hydrogens (tertiary/aromatic N) is 1. The Hall–Kier alpha value is -3.31. The molecule has 1 N–H and O–H groups in total. The largest absolute Gasteiger partial charge is 0.484 e. The lowest BCUT2D eigenvalue weighted by Crippen LogP contribution is -2.55. The van der Waals surface area contributed by atoms with E-state index < -0.39 is 11.6 Å². The molecule has 6 heteroatoms. The lowest BCUT2D eigenvalue weighted by atomic mass is 10.0. The van der Waals surface area contributed by atoms with Crippen LogP contribution in [0.3, 0.4) is 0 Å². The first-order valence-electron chi connectivity index (χ1n) is 11.7. The zero-order valence-corrected chi connectivity index (χ0v) is 21.5. The molecule has 2 amide bonds. The normalized spacial score (nSPS) is 12.0. The third-order valence-corrected chi connectivity index (χ3v) is 5.88. The zero-order chi connectivity index (χ0) is 25.4. The van der Waals surface area contributed by atoms with Crippen LogP contribution in [-0.2, 0) is 22.6 Å². The molecule has 0 fully saturated rings. The molecule has 184 valence electrons. The number of halogens is 1. The van der Waals surface area contributed by atoms with Crippen LogP contribution in [0.4, 0.5) is 0 Å². The maximum Gasteiger partial charge on any atom is 0.261 e. The highest BCUT2D eigenvalue weighted by Gasteiger charge is 2.32. The van der Waals surface area contributed by atoms with Crippen molar-refractivity contribution in [2.24, 2.45) is 0 Å². The van der Waals surface area contributed by atoms with E-state index in [0.29, 0.717) is 17.2 Å². The van der Waals surface area contributed by atoms with Crippen LogP contribution in [0.15, 0.2) is 78.9 Å². The van der Waals surface area contributed by atoms with Crippen molar-refractivity contribution in [2.45, 2.75) is 52.2 Å². The van der Waals surface area contributed by atoms with Gasteiger partial charge < -0.3 is 15.0 Å². The number of nitrogens with one attached hydrogen (secondary N) is 1. The minimum atomic E-state index is -0.708. The van der Waals surface area contributed by atoms with E-state index in [1.54, 1.807) is 23.1 Å². The number of hydrogen-bond donors (Lipinski definition) is 1. The van der Waals surface area contributed by atoms with Crippen molar-refractivity contribution in [2.75, 3.05) is 6.61 Å². The molecule has 0 heterocycles. The molecule has 0 spiro atoms. The number of ether oxygens (including phenoxy) is 1. The Labute approximate surface area is 213 Å². The summed E-state index contributed by atoms with van der Waals surface area (Å²) in [6.07, 6.45) is 0.390. The molecule has 3 aromatic carbocycles. The van der Waals surface area contributed by atoms with E-state index in [1.165, 1.54) is 0 Å². The standard InChI is InChI=1S/C29H33ClN2O3/c1-21-17-24(15-16-25(21)30)35-20-27(33)32(19-23-13-9-6-10-14-23)26(28(34)31-29(2,3)4)18-22-11-7-5-8-12-22/h5-17,26H,18-20H2,1-4H3,(H,31,34)/t26-/m0/s1. The minimum absolute atomic E-state index is 0.192. The molecule has 5 nitrogen and oxygen atoms in total. The van der Waals surface area contributed by atoms with Crippen LogP contribution in [0, 0.1) is 6.92 Å². The van der Waals surface area contributed by atoms with Crippen molar-refractivity contribution in [1.29, 1.82) is 0 Å². The second-order valence-electron chi connectivity index (χ2n) is 9.65. The lowest BCUT2D eigenvalue weighted by molar-refractivity contribution is -0.143.